The number of nitrogen functional groups attached to an aromatic ring is 1. The molecule has 0 spiro atoms. The van der Waals surface area contributed by atoms with Crippen molar-refractivity contribution in [1.82, 2.24) is 20.2 Å². The minimum Gasteiger partial charge on any atom is -0.383 e. The summed E-state index contributed by atoms with van der Waals surface area (Å²) in [4.78, 5) is 19.4. The molecule has 1 aliphatic rings. The molecule has 0 aliphatic heterocycles. The molecule has 1 fully saturated rings. The summed E-state index contributed by atoms with van der Waals surface area (Å²) in [6, 6.07) is 3.42. The second-order valence-corrected chi connectivity index (χ2v) is 6.31. The highest BCUT2D eigenvalue weighted by Gasteiger charge is 2.26. The number of thiophene rings is 1. The molecule has 3 N–H and O–H groups in total. The van der Waals surface area contributed by atoms with Crippen LogP contribution in [0, 0.1) is 10.1 Å². The van der Waals surface area contributed by atoms with Crippen LogP contribution in [0.2, 0.25) is 0 Å². The molecule has 116 valence electrons. The summed E-state index contributed by atoms with van der Waals surface area (Å²) < 4.78 is 0. The number of nitrogens with one attached hydrogen (secondary N) is 1. The number of aromatic nitrogens is 4. The van der Waals surface area contributed by atoms with E-state index in [4.69, 9.17) is 5.73 Å². The van der Waals surface area contributed by atoms with Gasteiger partial charge in [-0.25, -0.2) is 9.97 Å². The van der Waals surface area contributed by atoms with Gasteiger partial charge < -0.3 is 5.73 Å². The topological polar surface area (TPSA) is 124 Å². The standard InChI is InChI=1S/C14H12N6O2S/c15-13-9(11-4-10(18-19-11)7-1-2-7)5-16-14(17-13)12-3-8(6-23-12)20(21)22/h3-7H,1-2H2,(H,18,19)(H2,15,16,17). The minimum absolute atomic E-state index is 0.0256. The average Bonchev–Trinajstić information content (AvgIpc) is 3.07. The molecule has 3 aromatic rings. The van der Waals surface area contributed by atoms with Crippen LogP contribution >= 0.6 is 11.3 Å². The molecule has 0 saturated heterocycles. The lowest BCUT2D eigenvalue weighted by atomic mass is 10.2. The Labute approximate surface area is 134 Å². The van der Waals surface area contributed by atoms with Gasteiger partial charge in [0.25, 0.3) is 5.69 Å². The van der Waals surface area contributed by atoms with E-state index in [0.29, 0.717) is 33.7 Å². The summed E-state index contributed by atoms with van der Waals surface area (Å²) in [5.41, 5.74) is 8.53. The fraction of sp³-hybridized carbons (Fsp3) is 0.214. The van der Waals surface area contributed by atoms with Crippen molar-refractivity contribution in [2.24, 2.45) is 0 Å². The van der Waals surface area contributed by atoms with Crippen molar-refractivity contribution in [1.29, 1.82) is 0 Å². The van der Waals surface area contributed by atoms with Crippen LogP contribution in [0.25, 0.3) is 22.0 Å². The fourth-order valence-corrected chi connectivity index (χ4v) is 3.12. The molecule has 23 heavy (non-hydrogen) atoms. The van der Waals surface area contributed by atoms with Crippen LogP contribution in [0.15, 0.2) is 23.7 Å². The molecule has 4 rings (SSSR count). The van der Waals surface area contributed by atoms with Crippen molar-refractivity contribution >= 4 is 22.8 Å². The second-order valence-electron chi connectivity index (χ2n) is 5.40. The first-order valence-electron chi connectivity index (χ1n) is 7.03. The molecular formula is C14H12N6O2S. The maximum atomic E-state index is 10.7. The van der Waals surface area contributed by atoms with Gasteiger partial charge in [0.05, 0.1) is 26.4 Å². The molecular weight excluding hydrogens is 316 g/mol. The Morgan fingerprint density at radius 3 is 2.87 bits per heavy atom. The first-order chi connectivity index (χ1) is 11.1. The highest BCUT2D eigenvalue weighted by molar-refractivity contribution is 7.13. The van der Waals surface area contributed by atoms with Crippen LogP contribution in [-0.4, -0.2) is 25.1 Å². The first kappa shape index (κ1) is 13.8. The lowest BCUT2D eigenvalue weighted by molar-refractivity contribution is -0.384. The molecule has 0 amide bonds. The van der Waals surface area contributed by atoms with E-state index in [-0.39, 0.29) is 5.69 Å². The van der Waals surface area contributed by atoms with E-state index >= 15 is 0 Å². The summed E-state index contributed by atoms with van der Waals surface area (Å²) in [5.74, 6) is 1.26. The minimum atomic E-state index is -0.444. The third-order valence-corrected chi connectivity index (χ3v) is 4.64. The number of aromatic amines is 1. The molecule has 0 unspecified atom stereocenters. The highest BCUT2D eigenvalue weighted by atomic mass is 32.1. The summed E-state index contributed by atoms with van der Waals surface area (Å²) >= 11 is 1.21. The molecule has 0 bridgehead atoms. The largest absolute Gasteiger partial charge is 0.383 e. The lowest BCUT2D eigenvalue weighted by Gasteiger charge is -2.02. The maximum Gasteiger partial charge on any atom is 0.280 e. The summed E-state index contributed by atoms with van der Waals surface area (Å²) in [6.07, 6.45) is 3.98. The van der Waals surface area contributed by atoms with Crippen LogP contribution < -0.4 is 5.73 Å². The number of anilines is 1. The predicted octanol–water partition coefficient (Wildman–Crippen LogP) is 2.96. The van der Waals surface area contributed by atoms with Crippen LogP contribution in [0.1, 0.15) is 24.5 Å². The van der Waals surface area contributed by atoms with Crippen LogP contribution in [0.3, 0.4) is 0 Å². The van der Waals surface area contributed by atoms with E-state index in [1.807, 2.05) is 6.07 Å². The van der Waals surface area contributed by atoms with Crippen LogP contribution in [-0.2, 0) is 0 Å². The number of nitro groups is 1. The van der Waals surface area contributed by atoms with E-state index in [0.717, 1.165) is 5.69 Å². The van der Waals surface area contributed by atoms with Gasteiger partial charge in [-0.15, -0.1) is 11.3 Å². The predicted molar refractivity (Wildman–Crippen MR) is 86.0 cm³/mol. The normalized spacial score (nSPS) is 14.1. The maximum absolute atomic E-state index is 10.7. The molecule has 3 heterocycles. The molecule has 8 nitrogen and oxygen atoms in total. The van der Waals surface area contributed by atoms with E-state index in [1.165, 1.54) is 35.6 Å². The average molecular weight is 328 g/mol. The first-order valence-corrected chi connectivity index (χ1v) is 7.91. The molecule has 0 aromatic carbocycles. The van der Waals surface area contributed by atoms with E-state index in [2.05, 4.69) is 20.2 Å². The number of hydrogen-bond acceptors (Lipinski definition) is 7. The molecule has 0 atom stereocenters. The number of nitrogens with zero attached hydrogens (tertiary/aromatic N) is 4. The number of hydrogen-bond donors (Lipinski definition) is 2. The third kappa shape index (κ3) is 2.55. The summed E-state index contributed by atoms with van der Waals surface area (Å²) in [5, 5.41) is 19.5. The van der Waals surface area contributed by atoms with Gasteiger partial charge in [-0.05, 0) is 18.9 Å². The summed E-state index contributed by atoms with van der Waals surface area (Å²) in [6.45, 7) is 0. The zero-order valence-electron chi connectivity index (χ0n) is 11.9. The van der Waals surface area contributed by atoms with Crippen molar-refractivity contribution in [3.63, 3.8) is 0 Å². The molecule has 1 saturated carbocycles. The van der Waals surface area contributed by atoms with Crippen molar-refractivity contribution in [2.45, 2.75) is 18.8 Å². The third-order valence-electron chi connectivity index (χ3n) is 3.73. The van der Waals surface area contributed by atoms with Crippen molar-refractivity contribution in [3.05, 3.63) is 39.5 Å². The zero-order chi connectivity index (χ0) is 16.0. The monoisotopic (exact) mass is 328 g/mol. The van der Waals surface area contributed by atoms with E-state index in [9.17, 15) is 10.1 Å². The van der Waals surface area contributed by atoms with Gasteiger partial charge in [-0.2, -0.15) is 5.10 Å². The van der Waals surface area contributed by atoms with E-state index in [1.54, 1.807) is 6.20 Å². The van der Waals surface area contributed by atoms with Crippen LogP contribution in [0.4, 0.5) is 11.5 Å². The van der Waals surface area contributed by atoms with Gasteiger partial charge in [0.2, 0.25) is 0 Å². The summed E-state index contributed by atoms with van der Waals surface area (Å²) in [7, 11) is 0. The van der Waals surface area contributed by atoms with Gasteiger partial charge in [0, 0.05) is 23.9 Å². The highest BCUT2D eigenvalue weighted by Crippen LogP contribution is 2.40. The van der Waals surface area contributed by atoms with Crippen molar-refractivity contribution in [3.8, 4) is 22.0 Å². The second kappa shape index (κ2) is 5.13. The Bertz CT molecular complexity index is 898. The number of H-pyrrole nitrogens is 1. The Balaban J connectivity index is 1.66. The SMILES string of the molecule is Nc1nc(-c2cc([N+](=O)[O-])cs2)ncc1-c1cc(C2CC2)[nH]n1. The van der Waals surface area contributed by atoms with E-state index < -0.39 is 4.92 Å². The number of rotatable bonds is 4. The smallest absolute Gasteiger partial charge is 0.280 e. The van der Waals surface area contributed by atoms with Crippen molar-refractivity contribution < 1.29 is 4.92 Å². The Kier molecular flexibility index (Phi) is 3.08. The quantitative estimate of drug-likeness (QED) is 0.560. The molecule has 9 heteroatoms. The van der Waals surface area contributed by atoms with Crippen LogP contribution in [0.5, 0.6) is 0 Å². The molecule has 1 aliphatic carbocycles. The van der Waals surface area contributed by atoms with Gasteiger partial charge >= 0.3 is 0 Å². The molecule has 0 radical (unpaired) electrons. The Hall–Kier alpha value is -2.81. The Morgan fingerprint density at radius 1 is 1.39 bits per heavy atom. The van der Waals surface area contributed by atoms with Gasteiger partial charge in [-0.3, -0.25) is 15.2 Å². The van der Waals surface area contributed by atoms with Gasteiger partial charge in [0.1, 0.15) is 5.82 Å². The van der Waals surface area contributed by atoms with Gasteiger partial charge in [0.15, 0.2) is 5.82 Å². The van der Waals surface area contributed by atoms with Crippen molar-refractivity contribution in [2.75, 3.05) is 5.73 Å². The fourth-order valence-electron chi connectivity index (χ4n) is 2.33. The molecule has 3 aromatic heterocycles. The van der Waals surface area contributed by atoms with Gasteiger partial charge in [-0.1, -0.05) is 0 Å². The zero-order valence-corrected chi connectivity index (χ0v) is 12.7. The lowest BCUT2D eigenvalue weighted by Crippen LogP contribution is -1.98. The Morgan fingerprint density at radius 2 is 2.22 bits per heavy atom. The number of nitrogens with two attached hydrogens (primary N) is 1.